The summed E-state index contributed by atoms with van der Waals surface area (Å²) in [4.78, 5) is 0. The maximum absolute atomic E-state index is 12.2. The number of aliphatic hydroxyl groups is 3. The van der Waals surface area contributed by atoms with Crippen LogP contribution in [0.15, 0.2) is 0 Å². The molecule has 182 valence electrons. The summed E-state index contributed by atoms with van der Waals surface area (Å²) in [6.07, 6.45) is 8.53. The molecule has 0 aliphatic heterocycles. The molecule has 0 aromatic heterocycles. The summed E-state index contributed by atoms with van der Waals surface area (Å²) in [6, 6.07) is 0. The van der Waals surface area contributed by atoms with Crippen LogP contribution < -0.4 is 0 Å². The van der Waals surface area contributed by atoms with E-state index in [0.29, 0.717) is 47.8 Å². The second-order valence-corrected chi connectivity index (χ2v) is 18.9. The molecular weight excluding hydrogens is 416 g/mol. The Labute approximate surface area is 195 Å². The van der Waals surface area contributed by atoms with Gasteiger partial charge in [-0.25, -0.2) is 0 Å². The minimum Gasteiger partial charge on any atom is -0.418 e. The Bertz CT molecular complexity index is 797. The largest absolute Gasteiger partial charge is 0.418 e. The van der Waals surface area contributed by atoms with Gasteiger partial charge in [0.15, 0.2) is 8.32 Å². The van der Waals surface area contributed by atoms with Crippen LogP contribution in [0.5, 0.6) is 0 Å². The fourth-order valence-electron chi connectivity index (χ4n) is 10.5. The van der Waals surface area contributed by atoms with Gasteiger partial charge in [0.1, 0.15) is 0 Å². The Kier molecular flexibility index (Phi) is 4.66. The summed E-state index contributed by atoms with van der Waals surface area (Å²) in [5.74, 6) is 4.02. The van der Waals surface area contributed by atoms with Gasteiger partial charge in [-0.15, -0.1) is 0 Å². The smallest absolute Gasteiger partial charge is 0.183 e. The van der Waals surface area contributed by atoms with E-state index in [4.69, 9.17) is 4.43 Å². The molecule has 0 radical (unpaired) electrons. The molecule has 0 aromatic rings. The molecule has 0 heterocycles. The van der Waals surface area contributed by atoms with E-state index in [2.05, 4.69) is 33.5 Å². The molecule has 0 aromatic carbocycles. The van der Waals surface area contributed by atoms with Gasteiger partial charge in [-0.05, 0) is 123 Å². The number of fused-ring (bicyclic) bond motifs is 10. The van der Waals surface area contributed by atoms with Crippen molar-refractivity contribution in [1.82, 2.24) is 0 Å². The molecule has 0 bridgehead atoms. The van der Waals surface area contributed by atoms with Gasteiger partial charge in [0.05, 0.1) is 17.3 Å². The molecule has 6 rings (SSSR count). The Morgan fingerprint density at radius 2 is 1.59 bits per heavy atom. The van der Waals surface area contributed by atoms with E-state index in [1.807, 2.05) is 0 Å². The molecule has 6 aliphatic rings. The first-order valence-electron chi connectivity index (χ1n) is 13.6. The van der Waals surface area contributed by atoms with Crippen LogP contribution in [0.4, 0.5) is 0 Å². The zero-order valence-corrected chi connectivity index (χ0v) is 21.9. The van der Waals surface area contributed by atoms with Crippen molar-refractivity contribution in [3.05, 3.63) is 0 Å². The lowest BCUT2D eigenvalue weighted by Crippen LogP contribution is -2.65. The van der Waals surface area contributed by atoms with Crippen LogP contribution in [-0.4, -0.2) is 47.5 Å². The fourth-order valence-corrected chi connectivity index (χ4v) is 11.2. The van der Waals surface area contributed by atoms with Crippen LogP contribution in [-0.2, 0) is 4.43 Å². The molecule has 32 heavy (non-hydrogen) atoms. The van der Waals surface area contributed by atoms with Gasteiger partial charge in [0.25, 0.3) is 0 Å². The number of aliphatic hydroxyl groups excluding tert-OH is 1. The number of hydrogen-bond acceptors (Lipinski definition) is 4. The quantitative estimate of drug-likeness (QED) is 0.413. The van der Waals surface area contributed by atoms with E-state index in [0.717, 1.165) is 51.6 Å². The van der Waals surface area contributed by atoms with E-state index in [-0.39, 0.29) is 16.9 Å². The summed E-state index contributed by atoms with van der Waals surface area (Å²) >= 11 is 0. The van der Waals surface area contributed by atoms with Crippen LogP contribution in [0.25, 0.3) is 0 Å². The Balaban J connectivity index is 1.27. The predicted octanol–water partition coefficient (Wildman–Crippen LogP) is 4.58. The molecular formula is C27H46O4Si. The minimum atomic E-state index is -1.51. The monoisotopic (exact) mass is 462 g/mol. The topological polar surface area (TPSA) is 69.9 Å². The third-order valence-electron chi connectivity index (χ3n) is 12.0. The SMILES string of the molecule is C[C@]12CCC3C(C1C1C[C@@H]1[C@@]2(O)CCCO[Si](C)(C)C)[C@H]1C[C@H]1[C@]1(O)C[C@@H](O)CC[C@]31C. The van der Waals surface area contributed by atoms with Crippen molar-refractivity contribution >= 4 is 8.32 Å². The third kappa shape index (κ3) is 2.75. The summed E-state index contributed by atoms with van der Waals surface area (Å²) in [5, 5.41) is 34.6. The zero-order valence-electron chi connectivity index (χ0n) is 20.9. The van der Waals surface area contributed by atoms with Crippen molar-refractivity contribution in [2.24, 2.45) is 52.3 Å². The molecule has 0 spiro atoms. The van der Waals surface area contributed by atoms with Gasteiger partial charge in [-0.2, -0.15) is 0 Å². The predicted molar refractivity (Wildman–Crippen MR) is 127 cm³/mol. The molecule has 0 saturated heterocycles. The van der Waals surface area contributed by atoms with E-state index in [1.165, 1.54) is 6.42 Å². The van der Waals surface area contributed by atoms with Gasteiger partial charge in [0, 0.05) is 13.0 Å². The first-order chi connectivity index (χ1) is 14.9. The number of rotatable bonds is 5. The lowest BCUT2D eigenvalue weighted by molar-refractivity contribution is -0.237. The van der Waals surface area contributed by atoms with Gasteiger partial charge in [0.2, 0.25) is 0 Å². The van der Waals surface area contributed by atoms with E-state index < -0.39 is 19.5 Å². The van der Waals surface area contributed by atoms with Crippen molar-refractivity contribution in [2.75, 3.05) is 6.61 Å². The van der Waals surface area contributed by atoms with Crippen molar-refractivity contribution in [3.8, 4) is 0 Å². The zero-order chi connectivity index (χ0) is 22.9. The van der Waals surface area contributed by atoms with Crippen LogP contribution in [0.3, 0.4) is 0 Å². The van der Waals surface area contributed by atoms with Gasteiger partial charge in [-0.3, -0.25) is 0 Å². The lowest BCUT2D eigenvalue weighted by Gasteiger charge is -2.64. The minimum absolute atomic E-state index is 0.0219. The van der Waals surface area contributed by atoms with Crippen molar-refractivity contribution in [3.63, 3.8) is 0 Å². The van der Waals surface area contributed by atoms with Crippen molar-refractivity contribution in [2.45, 2.75) is 109 Å². The highest BCUT2D eigenvalue weighted by Crippen LogP contribution is 2.82. The molecule has 6 saturated carbocycles. The highest BCUT2D eigenvalue weighted by molar-refractivity contribution is 6.69. The summed E-state index contributed by atoms with van der Waals surface area (Å²) < 4.78 is 6.13. The van der Waals surface area contributed by atoms with Crippen molar-refractivity contribution in [1.29, 1.82) is 0 Å². The van der Waals surface area contributed by atoms with E-state index in [1.54, 1.807) is 0 Å². The van der Waals surface area contributed by atoms with Gasteiger partial charge < -0.3 is 19.7 Å². The molecule has 5 heteroatoms. The second kappa shape index (κ2) is 6.63. The molecule has 3 N–H and O–H groups in total. The van der Waals surface area contributed by atoms with Crippen molar-refractivity contribution < 1.29 is 19.7 Å². The van der Waals surface area contributed by atoms with E-state index in [9.17, 15) is 15.3 Å². The molecule has 6 fully saturated rings. The van der Waals surface area contributed by atoms with Crippen LogP contribution in [0.2, 0.25) is 19.6 Å². The van der Waals surface area contributed by atoms with Crippen LogP contribution in [0, 0.1) is 52.3 Å². The Morgan fingerprint density at radius 1 is 0.906 bits per heavy atom. The first kappa shape index (κ1) is 22.5. The summed E-state index contributed by atoms with van der Waals surface area (Å²) in [5.41, 5.74) is -1.24. The molecule has 0 amide bonds. The summed E-state index contributed by atoms with van der Waals surface area (Å²) in [7, 11) is -1.51. The highest BCUT2D eigenvalue weighted by Gasteiger charge is 2.81. The normalized spacial score (nSPS) is 60.0. The Hall–Kier alpha value is 0.0569. The average molecular weight is 463 g/mol. The summed E-state index contributed by atoms with van der Waals surface area (Å²) in [6.45, 7) is 12.3. The van der Waals surface area contributed by atoms with Crippen LogP contribution >= 0.6 is 0 Å². The van der Waals surface area contributed by atoms with Crippen LogP contribution in [0.1, 0.15) is 71.6 Å². The third-order valence-corrected chi connectivity index (χ3v) is 13.1. The number of hydrogen-bond donors (Lipinski definition) is 3. The standard InChI is InChI=1S/C27H46O4Si/c1-24-10-7-16(28)15-27(24,30)20-13-17(20)22-19(24)8-11-25(2)23(22)18-14-21(18)26(25,29)9-6-12-31-32(3,4)5/h16-23,28-30H,6-15H2,1-5H3/t16-,17-,18?,19?,20+,21-,22?,23?,24+,25-,26-,27+/m0/s1. The highest BCUT2D eigenvalue weighted by atomic mass is 28.4. The Morgan fingerprint density at radius 3 is 2.31 bits per heavy atom. The van der Waals surface area contributed by atoms with Gasteiger partial charge >= 0.3 is 0 Å². The first-order valence-corrected chi connectivity index (χ1v) is 17.0. The van der Waals surface area contributed by atoms with E-state index >= 15 is 0 Å². The lowest BCUT2D eigenvalue weighted by atomic mass is 9.42. The molecule has 4 nitrogen and oxygen atoms in total. The maximum atomic E-state index is 12.2. The van der Waals surface area contributed by atoms with Gasteiger partial charge in [-0.1, -0.05) is 13.8 Å². The molecule has 4 unspecified atom stereocenters. The molecule has 12 atom stereocenters. The second-order valence-electron chi connectivity index (χ2n) is 14.4. The maximum Gasteiger partial charge on any atom is 0.183 e. The fraction of sp³-hybridized carbons (Fsp3) is 1.00. The average Bonchev–Trinajstić information content (AvgIpc) is 3.59. The molecule has 6 aliphatic carbocycles.